The molecule has 0 unspecified atom stereocenters. The SMILES string of the molecule is Cc1c(-c2ccc(CC(N)=O)c3[nH]c4cc(C(=O)N5CCN(C)CC5)ccc4c23)cccc1N1CCCS1(=O)=O. The molecule has 3 aromatic carbocycles. The van der Waals surface area contributed by atoms with Crippen molar-refractivity contribution < 1.29 is 18.0 Å². The van der Waals surface area contributed by atoms with Crippen LogP contribution in [-0.4, -0.2) is 80.5 Å². The number of fused-ring (bicyclic) bond motifs is 3. The monoisotopic (exact) mass is 559 g/mol. The minimum Gasteiger partial charge on any atom is -0.369 e. The van der Waals surface area contributed by atoms with E-state index in [0.29, 0.717) is 37.3 Å². The van der Waals surface area contributed by atoms with Crippen LogP contribution in [0, 0.1) is 6.92 Å². The number of amides is 2. The normalized spacial score (nSPS) is 17.6. The molecule has 3 N–H and O–H groups in total. The van der Waals surface area contributed by atoms with Gasteiger partial charge in [0.25, 0.3) is 5.91 Å². The maximum absolute atomic E-state index is 13.3. The second-order valence-corrected chi connectivity index (χ2v) is 12.9. The highest BCUT2D eigenvalue weighted by molar-refractivity contribution is 7.93. The number of anilines is 1. The van der Waals surface area contributed by atoms with Crippen molar-refractivity contribution in [2.24, 2.45) is 5.73 Å². The van der Waals surface area contributed by atoms with Crippen molar-refractivity contribution in [3.05, 3.63) is 65.2 Å². The lowest BCUT2D eigenvalue weighted by Crippen LogP contribution is -2.47. The third-order valence-electron chi connectivity index (χ3n) is 8.21. The molecule has 2 aliphatic heterocycles. The van der Waals surface area contributed by atoms with E-state index in [1.807, 2.05) is 60.4 Å². The lowest BCUT2D eigenvalue weighted by atomic mass is 9.92. The van der Waals surface area contributed by atoms with Gasteiger partial charge in [0.1, 0.15) is 0 Å². The topological polar surface area (TPSA) is 120 Å². The maximum atomic E-state index is 13.3. The van der Waals surface area contributed by atoms with E-state index in [9.17, 15) is 18.0 Å². The van der Waals surface area contributed by atoms with E-state index >= 15 is 0 Å². The molecule has 2 amide bonds. The number of hydrogen-bond acceptors (Lipinski definition) is 5. The molecule has 0 spiro atoms. The number of nitrogens with one attached hydrogen (secondary N) is 1. The molecule has 1 aromatic heterocycles. The Morgan fingerprint density at radius 3 is 2.45 bits per heavy atom. The summed E-state index contributed by atoms with van der Waals surface area (Å²) >= 11 is 0. The van der Waals surface area contributed by atoms with Gasteiger partial charge in [0.2, 0.25) is 15.9 Å². The van der Waals surface area contributed by atoms with Gasteiger partial charge >= 0.3 is 0 Å². The standard InChI is InChI=1S/C30H33N5O4S/c1-19-22(5-3-6-26(19)35-11-4-16-40(35,38)39)23-9-7-20(18-27(31)36)29-28(23)24-10-8-21(17-25(24)32-29)30(37)34-14-12-33(2)13-15-34/h3,5-10,17,32H,4,11-16,18H2,1-2H3,(H2,31,36). The number of primary amides is 1. The molecule has 2 saturated heterocycles. The molecule has 0 bridgehead atoms. The van der Waals surface area contributed by atoms with Crippen molar-refractivity contribution in [3.63, 3.8) is 0 Å². The Morgan fingerprint density at radius 2 is 1.75 bits per heavy atom. The first-order valence-corrected chi connectivity index (χ1v) is 15.2. The number of nitrogens with two attached hydrogens (primary N) is 1. The van der Waals surface area contributed by atoms with Crippen molar-refractivity contribution in [2.75, 3.05) is 49.8 Å². The van der Waals surface area contributed by atoms with Crippen LogP contribution in [0.2, 0.25) is 0 Å². The number of likely N-dealkylation sites (N-methyl/N-ethyl adjacent to an activating group) is 1. The Hall–Kier alpha value is -3.89. The molecule has 0 aliphatic carbocycles. The number of aromatic nitrogens is 1. The molecule has 0 radical (unpaired) electrons. The van der Waals surface area contributed by atoms with Gasteiger partial charge in [-0.15, -0.1) is 0 Å². The van der Waals surface area contributed by atoms with E-state index in [4.69, 9.17) is 5.73 Å². The Morgan fingerprint density at radius 1 is 0.975 bits per heavy atom. The van der Waals surface area contributed by atoms with Gasteiger partial charge in [-0.3, -0.25) is 13.9 Å². The molecule has 3 heterocycles. The Kier molecular flexibility index (Phi) is 6.54. The average Bonchev–Trinajstić information content (AvgIpc) is 3.48. The van der Waals surface area contributed by atoms with Gasteiger partial charge in [-0.25, -0.2) is 8.42 Å². The highest BCUT2D eigenvalue weighted by Crippen LogP contribution is 2.41. The zero-order valence-electron chi connectivity index (χ0n) is 22.7. The van der Waals surface area contributed by atoms with Crippen LogP contribution in [0.1, 0.15) is 27.9 Å². The smallest absolute Gasteiger partial charge is 0.254 e. The van der Waals surface area contributed by atoms with Crippen LogP contribution in [-0.2, 0) is 21.2 Å². The van der Waals surface area contributed by atoms with E-state index < -0.39 is 15.9 Å². The summed E-state index contributed by atoms with van der Waals surface area (Å²) in [7, 11) is -1.28. The second-order valence-electron chi connectivity index (χ2n) is 10.8. The van der Waals surface area contributed by atoms with Crippen molar-refractivity contribution in [1.29, 1.82) is 0 Å². The molecule has 2 aliphatic rings. The summed E-state index contributed by atoms with van der Waals surface area (Å²) in [6, 6.07) is 15.3. The Bertz CT molecular complexity index is 1770. The van der Waals surface area contributed by atoms with Crippen molar-refractivity contribution in [3.8, 4) is 11.1 Å². The first-order chi connectivity index (χ1) is 19.1. The molecular formula is C30H33N5O4S. The summed E-state index contributed by atoms with van der Waals surface area (Å²) in [5, 5.41) is 1.83. The van der Waals surface area contributed by atoms with E-state index in [2.05, 4.69) is 16.9 Å². The second kappa shape index (κ2) is 9.94. The molecule has 208 valence electrons. The van der Waals surface area contributed by atoms with E-state index in [0.717, 1.165) is 57.1 Å². The van der Waals surface area contributed by atoms with Crippen LogP contribution in [0.25, 0.3) is 32.9 Å². The molecule has 4 aromatic rings. The fourth-order valence-corrected chi connectivity index (χ4v) is 7.67. The van der Waals surface area contributed by atoms with Crippen LogP contribution < -0.4 is 10.0 Å². The number of carbonyl (C=O) groups excluding carboxylic acids is 2. The molecular weight excluding hydrogens is 526 g/mol. The summed E-state index contributed by atoms with van der Waals surface area (Å²) in [4.78, 5) is 32.8. The van der Waals surface area contributed by atoms with E-state index in [-0.39, 0.29) is 18.1 Å². The Labute approximate surface area is 233 Å². The van der Waals surface area contributed by atoms with Crippen molar-refractivity contribution in [2.45, 2.75) is 19.8 Å². The first-order valence-electron chi connectivity index (χ1n) is 13.6. The molecule has 6 rings (SSSR count). The van der Waals surface area contributed by atoms with Crippen LogP contribution in [0.5, 0.6) is 0 Å². The molecule has 2 fully saturated rings. The third-order valence-corrected chi connectivity index (χ3v) is 10.1. The van der Waals surface area contributed by atoms with Gasteiger partial charge in [0, 0.05) is 54.6 Å². The summed E-state index contributed by atoms with van der Waals surface area (Å²) in [6.45, 7) is 5.49. The third kappa shape index (κ3) is 4.50. The number of rotatable bonds is 5. The summed E-state index contributed by atoms with van der Waals surface area (Å²) in [6.07, 6.45) is 0.678. The Balaban J connectivity index is 1.51. The summed E-state index contributed by atoms with van der Waals surface area (Å²) in [5.41, 5.74) is 11.9. The minimum atomic E-state index is -3.34. The lowest BCUT2D eigenvalue weighted by molar-refractivity contribution is -0.117. The number of hydrogen-bond donors (Lipinski definition) is 2. The number of H-pyrrole nitrogens is 1. The largest absolute Gasteiger partial charge is 0.369 e. The molecule has 9 nitrogen and oxygen atoms in total. The number of benzene rings is 3. The molecule has 0 saturated carbocycles. The van der Waals surface area contributed by atoms with E-state index in [1.165, 1.54) is 4.31 Å². The van der Waals surface area contributed by atoms with Gasteiger partial charge in [0.15, 0.2) is 0 Å². The molecule has 0 atom stereocenters. The number of piperazine rings is 1. The zero-order chi connectivity index (χ0) is 28.2. The van der Waals surface area contributed by atoms with Crippen molar-refractivity contribution in [1.82, 2.24) is 14.8 Å². The summed E-state index contributed by atoms with van der Waals surface area (Å²) in [5.74, 6) is -0.280. The number of nitrogens with zero attached hydrogens (tertiary/aromatic N) is 3. The van der Waals surface area contributed by atoms with Gasteiger partial charge in [-0.1, -0.05) is 30.3 Å². The van der Waals surface area contributed by atoms with Crippen LogP contribution in [0.4, 0.5) is 5.69 Å². The number of carbonyl (C=O) groups is 2. The van der Waals surface area contributed by atoms with Gasteiger partial charge in [0.05, 0.1) is 23.4 Å². The highest BCUT2D eigenvalue weighted by atomic mass is 32.2. The fourth-order valence-electron chi connectivity index (χ4n) is 6.05. The maximum Gasteiger partial charge on any atom is 0.254 e. The van der Waals surface area contributed by atoms with Gasteiger partial charge in [-0.2, -0.15) is 0 Å². The summed E-state index contributed by atoms with van der Waals surface area (Å²) < 4.78 is 26.9. The average molecular weight is 560 g/mol. The van der Waals surface area contributed by atoms with Crippen LogP contribution >= 0.6 is 0 Å². The van der Waals surface area contributed by atoms with Crippen LogP contribution in [0.3, 0.4) is 0 Å². The number of sulfonamides is 1. The van der Waals surface area contributed by atoms with Crippen LogP contribution in [0.15, 0.2) is 48.5 Å². The molecule has 10 heteroatoms. The first kappa shape index (κ1) is 26.3. The number of aromatic amines is 1. The minimum absolute atomic E-state index is 0.00149. The lowest BCUT2D eigenvalue weighted by Gasteiger charge is -2.32. The fraction of sp³-hybridized carbons (Fsp3) is 0.333. The quantitative estimate of drug-likeness (QED) is 0.389. The van der Waals surface area contributed by atoms with Gasteiger partial charge in [-0.05, 0) is 60.8 Å². The zero-order valence-corrected chi connectivity index (χ0v) is 23.6. The highest BCUT2D eigenvalue weighted by Gasteiger charge is 2.30. The van der Waals surface area contributed by atoms with Crippen molar-refractivity contribution >= 4 is 49.3 Å². The molecule has 40 heavy (non-hydrogen) atoms. The van der Waals surface area contributed by atoms with E-state index in [1.54, 1.807) is 0 Å². The predicted octanol–water partition coefficient (Wildman–Crippen LogP) is 3.25. The predicted molar refractivity (Wildman–Crippen MR) is 158 cm³/mol. The van der Waals surface area contributed by atoms with Gasteiger partial charge < -0.3 is 20.5 Å².